The average Bonchev–Trinajstić information content (AvgIpc) is 3.38. The molecule has 0 bridgehead atoms. The first kappa shape index (κ1) is 19.5. The third-order valence-corrected chi connectivity index (χ3v) is 6.97. The van der Waals surface area contributed by atoms with Gasteiger partial charge in [-0.05, 0) is 41.0 Å². The molecule has 1 atom stereocenters. The van der Waals surface area contributed by atoms with Crippen LogP contribution >= 0.6 is 0 Å². The van der Waals surface area contributed by atoms with Gasteiger partial charge in [-0.3, -0.25) is 19.7 Å². The van der Waals surface area contributed by atoms with Crippen LogP contribution in [0.4, 0.5) is 16.2 Å². The van der Waals surface area contributed by atoms with E-state index in [1.807, 2.05) is 47.2 Å². The number of likely N-dealkylation sites (N-methyl/N-ethyl adjacent to an activating group) is 1. The summed E-state index contributed by atoms with van der Waals surface area (Å²) in [7, 11) is 1.63. The van der Waals surface area contributed by atoms with Crippen molar-refractivity contribution in [2.24, 2.45) is 0 Å². The van der Waals surface area contributed by atoms with E-state index in [0.29, 0.717) is 24.9 Å². The van der Waals surface area contributed by atoms with E-state index >= 15 is 0 Å². The highest BCUT2D eigenvalue weighted by Gasteiger charge is 2.54. The lowest BCUT2D eigenvalue weighted by molar-refractivity contribution is -0.126. The predicted octanol–water partition coefficient (Wildman–Crippen LogP) is 1.79. The minimum absolute atomic E-state index is 0.0589. The standard InChI is InChI=1S/C24H21N5O4/c1-28-23(33)27-22(32)24(28)9-13-5-6-16(7-14(13)10-24)25-20(31)12-29-11-15-8-19(30)26-17-3-2-4-18(29)21(15)17/h2-7,11H,8-10,12H2,1H3,(H,25,31)(H,26,30)(H,27,32,33). The van der Waals surface area contributed by atoms with E-state index in [-0.39, 0.29) is 30.3 Å². The lowest BCUT2D eigenvalue weighted by Gasteiger charge is -2.27. The Morgan fingerprint density at radius 2 is 1.88 bits per heavy atom. The second-order valence-electron chi connectivity index (χ2n) is 8.94. The summed E-state index contributed by atoms with van der Waals surface area (Å²) >= 11 is 0. The summed E-state index contributed by atoms with van der Waals surface area (Å²) in [6, 6.07) is 10.9. The molecule has 0 radical (unpaired) electrons. The maximum absolute atomic E-state index is 12.9. The van der Waals surface area contributed by atoms with Gasteiger partial charge in [0.15, 0.2) is 0 Å². The van der Waals surface area contributed by atoms with Gasteiger partial charge in [0.1, 0.15) is 12.1 Å². The molecule has 1 fully saturated rings. The van der Waals surface area contributed by atoms with E-state index in [4.69, 9.17) is 0 Å². The van der Waals surface area contributed by atoms with Crippen molar-refractivity contribution in [3.8, 4) is 0 Å². The molecule has 3 N–H and O–H groups in total. The zero-order valence-corrected chi connectivity index (χ0v) is 17.9. The molecule has 1 saturated heterocycles. The number of nitrogens with one attached hydrogen (secondary N) is 3. The Morgan fingerprint density at radius 1 is 1.06 bits per heavy atom. The number of benzene rings is 2. The van der Waals surface area contributed by atoms with Crippen LogP contribution in [-0.4, -0.2) is 45.8 Å². The highest BCUT2D eigenvalue weighted by Crippen LogP contribution is 2.38. The van der Waals surface area contributed by atoms with Crippen molar-refractivity contribution in [2.75, 3.05) is 17.7 Å². The Bertz CT molecular complexity index is 1410. The first-order valence-corrected chi connectivity index (χ1v) is 10.8. The summed E-state index contributed by atoms with van der Waals surface area (Å²) in [6.45, 7) is 0.106. The molecule has 2 aromatic carbocycles. The van der Waals surface area contributed by atoms with Gasteiger partial charge in [-0.2, -0.15) is 0 Å². The summed E-state index contributed by atoms with van der Waals surface area (Å²) in [6.07, 6.45) is 3.02. The predicted molar refractivity (Wildman–Crippen MR) is 121 cm³/mol. The van der Waals surface area contributed by atoms with Gasteiger partial charge in [0, 0.05) is 37.2 Å². The van der Waals surface area contributed by atoms with Crippen molar-refractivity contribution in [2.45, 2.75) is 31.3 Å². The van der Waals surface area contributed by atoms with Gasteiger partial charge in [-0.15, -0.1) is 0 Å². The lowest BCUT2D eigenvalue weighted by Crippen LogP contribution is -2.48. The summed E-state index contributed by atoms with van der Waals surface area (Å²) in [4.78, 5) is 50.7. The molecule has 3 aliphatic rings. The van der Waals surface area contributed by atoms with Crippen molar-refractivity contribution in [1.29, 1.82) is 0 Å². The van der Waals surface area contributed by atoms with Crippen molar-refractivity contribution in [3.63, 3.8) is 0 Å². The highest BCUT2D eigenvalue weighted by atomic mass is 16.2. The Hall–Kier alpha value is -4.14. The maximum Gasteiger partial charge on any atom is 0.324 e. The average molecular weight is 443 g/mol. The van der Waals surface area contributed by atoms with Crippen LogP contribution in [0.25, 0.3) is 10.9 Å². The first-order chi connectivity index (χ1) is 15.8. The van der Waals surface area contributed by atoms with Gasteiger partial charge in [0.05, 0.1) is 17.6 Å². The van der Waals surface area contributed by atoms with Crippen LogP contribution in [0.1, 0.15) is 16.7 Å². The Morgan fingerprint density at radius 3 is 2.67 bits per heavy atom. The number of anilines is 2. The molecular formula is C24H21N5O4. The smallest absolute Gasteiger partial charge is 0.324 e. The molecule has 5 amide bonds. The van der Waals surface area contributed by atoms with E-state index in [0.717, 1.165) is 33.3 Å². The third kappa shape index (κ3) is 2.85. The number of fused-ring (bicyclic) bond motifs is 1. The number of imide groups is 1. The molecule has 1 unspecified atom stereocenters. The first-order valence-electron chi connectivity index (χ1n) is 10.8. The largest absolute Gasteiger partial charge is 0.338 e. The minimum atomic E-state index is -0.891. The molecule has 33 heavy (non-hydrogen) atoms. The van der Waals surface area contributed by atoms with E-state index in [9.17, 15) is 19.2 Å². The SMILES string of the molecule is CN1C(=O)NC(=O)C12Cc1ccc(NC(=O)Cn3cc4c5c(cccc53)NC(=O)C4)cc1C2. The van der Waals surface area contributed by atoms with Crippen LogP contribution in [-0.2, 0) is 40.2 Å². The molecule has 1 spiro atoms. The topological polar surface area (TPSA) is 113 Å². The third-order valence-electron chi connectivity index (χ3n) is 6.97. The summed E-state index contributed by atoms with van der Waals surface area (Å²) < 4.78 is 1.86. The highest BCUT2D eigenvalue weighted by molar-refractivity contribution is 6.09. The number of hydrogen-bond acceptors (Lipinski definition) is 4. The van der Waals surface area contributed by atoms with E-state index in [2.05, 4.69) is 16.0 Å². The number of urea groups is 1. The second-order valence-corrected chi connectivity index (χ2v) is 8.94. The van der Waals surface area contributed by atoms with E-state index in [1.165, 1.54) is 4.90 Å². The number of hydrogen-bond donors (Lipinski definition) is 3. The summed E-state index contributed by atoms with van der Waals surface area (Å²) in [5.74, 6) is -0.533. The molecule has 1 aliphatic carbocycles. The molecule has 2 aliphatic heterocycles. The number of aromatic nitrogens is 1. The molecule has 0 saturated carbocycles. The van der Waals surface area contributed by atoms with Crippen LogP contribution in [0.5, 0.6) is 0 Å². The molecule has 3 heterocycles. The molecule has 6 rings (SSSR count). The molecule has 9 heteroatoms. The Kier molecular flexibility index (Phi) is 3.95. The number of amides is 5. The Balaban J connectivity index is 1.22. The molecule has 1 aromatic heterocycles. The van der Waals surface area contributed by atoms with Crippen molar-refractivity contribution >= 4 is 46.0 Å². The second kappa shape index (κ2) is 6.68. The zero-order chi connectivity index (χ0) is 22.9. The maximum atomic E-state index is 12.9. The molecule has 9 nitrogen and oxygen atoms in total. The number of carbonyl (C=O) groups excluding carboxylic acids is 4. The number of carbonyl (C=O) groups is 4. The van der Waals surface area contributed by atoms with Crippen LogP contribution in [0, 0.1) is 0 Å². The summed E-state index contributed by atoms with van der Waals surface area (Å²) in [5.41, 5.74) is 4.26. The van der Waals surface area contributed by atoms with Gasteiger partial charge < -0.3 is 20.1 Å². The fourth-order valence-electron chi connectivity index (χ4n) is 5.31. The van der Waals surface area contributed by atoms with Crippen molar-refractivity contribution in [1.82, 2.24) is 14.8 Å². The van der Waals surface area contributed by atoms with E-state index in [1.54, 1.807) is 7.05 Å². The monoisotopic (exact) mass is 443 g/mol. The Labute approximate surface area is 188 Å². The van der Waals surface area contributed by atoms with Gasteiger partial charge in [-0.1, -0.05) is 12.1 Å². The fourth-order valence-corrected chi connectivity index (χ4v) is 5.31. The fraction of sp³-hybridized carbons (Fsp3) is 0.250. The van der Waals surface area contributed by atoms with Crippen molar-refractivity contribution in [3.05, 3.63) is 59.3 Å². The van der Waals surface area contributed by atoms with E-state index < -0.39 is 5.54 Å². The van der Waals surface area contributed by atoms with Crippen LogP contribution < -0.4 is 16.0 Å². The number of rotatable bonds is 3. The molecular weight excluding hydrogens is 422 g/mol. The van der Waals surface area contributed by atoms with Crippen LogP contribution in [0.15, 0.2) is 42.6 Å². The quantitative estimate of drug-likeness (QED) is 0.536. The van der Waals surface area contributed by atoms with Gasteiger partial charge in [-0.25, -0.2) is 4.79 Å². The van der Waals surface area contributed by atoms with Crippen LogP contribution in [0.2, 0.25) is 0 Å². The summed E-state index contributed by atoms with van der Waals surface area (Å²) in [5, 5.41) is 9.18. The molecule has 3 aromatic rings. The molecule has 166 valence electrons. The minimum Gasteiger partial charge on any atom is -0.338 e. The normalized spacial score (nSPS) is 20.9. The van der Waals surface area contributed by atoms with Crippen molar-refractivity contribution < 1.29 is 19.2 Å². The lowest BCUT2D eigenvalue weighted by atomic mass is 9.95. The van der Waals surface area contributed by atoms with Crippen LogP contribution in [0.3, 0.4) is 0 Å². The van der Waals surface area contributed by atoms with Gasteiger partial charge in [0.25, 0.3) is 5.91 Å². The number of nitrogens with zero attached hydrogens (tertiary/aromatic N) is 2. The van der Waals surface area contributed by atoms with Gasteiger partial charge >= 0.3 is 6.03 Å². The zero-order valence-electron chi connectivity index (χ0n) is 17.9. The van der Waals surface area contributed by atoms with Gasteiger partial charge in [0.2, 0.25) is 11.8 Å².